The van der Waals surface area contributed by atoms with E-state index in [0.717, 1.165) is 58.4 Å². The third-order valence-electron chi connectivity index (χ3n) is 5.12. The Hall–Kier alpha value is -1.10. The van der Waals surface area contributed by atoms with Crippen LogP contribution in [0.25, 0.3) is 0 Å². The van der Waals surface area contributed by atoms with Crippen molar-refractivity contribution < 1.29 is 9.59 Å². The summed E-state index contributed by atoms with van der Waals surface area (Å²) < 4.78 is 0. The molecule has 5 nitrogen and oxygen atoms in total. The van der Waals surface area contributed by atoms with Crippen molar-refractivity contribution in [3.63, 3.8) is 0 Å². The van der Waals surface area contributed by atoms with Crippen LogP contribution in [0, 0.1) is 11.8 Å². The second-order valence-electron chi connectivity index (χ2n) is 7.55. The van der Waals surface area contributed by atoms with Gasteiger partial charge in [0.05, 0.1) is 6.54 Å². The lowest BCUT2D eigenvalue weighted by Gasteiger charge is -2.38. The molecule has 3 rings (SSSR count). The lowest BCUT2D eigenvalue weighted by Crippen LogP contribution is -2.55. The Morgan fingerprint density at radius 2 is 1.77 bits per heavy atom. The van der Waals surface area contributed by atoms with E-state index in [0.29, 0.717) is 18.5 Å². The monoisotopic (exact) mass is 307 g/mol. The maximum atomic E-state index is 12.7. The smallest absolute Gasteiger partial charge is 0.242 e. The van der Waals surface area contributed by atoms with Gasteiger partial charge in [-0.05, 0) is 44.7 Å². The highest BCUT2D eigenvalue weighted by Crippen LogP contribution is 2.29. The largest absolute Gasteiger partial charge is 0.336 e. The van der Waals surface area contributed by atoms with Crippen molar-refractivity contribution in [1.82, 2.24) is 14.7 Å². The van der Waals surface area contributed by atoms with Crippen molar-refractivity contribution in [2.45, 2.75) is 45.6 Å². The number of hydrogen-bond acceptors (Lipinski definition) is 3. The maximum absolute atomic E-state index is 12.7. The first-order chi connectivity index (χ1) is 10.5. The first-order valence-electron chi connectivity index (χ1n) is 8.85. The first kappa shape index (κ1) is 15.8. The quantitative estimate of drug-likeness (QED) is 0.783. The Balaban J connectivity index is 1.47. The summed E-state index contributed by atoms with van der Waals surface area (Å²) in [6, 6.07) is 0.476. The van der Waals surface area contributed by atoms with Gasteiger partial charge in [0.2, 0.25) is 11.8 Å². The summed E-state index contributed by atoms with van der Waals surface area (Å²) in [5.74, 6) is 1.18. The SMILES string of the molecule is CC(C)CN1CCC(C(=O)N2CCN(C3CC3)C(=O)C2)CC1. The zero-order chi connectivity index (χ0) is 15.7. The van der Waals surface area contributed by atoms with Gasteiger partial charge >= 0.3 is 0 Å². The molecule has 0 N–H and O–H groups in total. The lowest BCUT2D eigenvalue weighted by atomic mass is 9.94. The summed E-state index contributed by atoms with van der Waals surface area (Å²) in [7, 11) is 0. The van der Waals surface area contributed by atoms with Gasteiger partial charge in [-0.3, -0.25) is 9.59 Å². The molecule has 1 saturated carbocycles. The standard InChI is InChI=1S/C17H29N3O2/c1-13(2)11-18-7-5-14(6-8-18)17(22)19-9-10-20(15-3-4-15)16(21)12-19/h13-15H,3-12H2,1-2H3. The van der Waals surface area contributed by atoms with E-state index in [-0.39, 0.29) is 17.7 Å². The Bertz CT molecular complexity index is 426. The number of carbonyl (C=O) groups is 2. The van der Waals surface area contributed by atoms with E-state index in [1.54, 1.807) is 0 Å². The summed E-state index contributed by atoms with van der Waals surface area (Å²) in [4.78, 5) is 31.1. The zero-order valence-electron chi connectivity index (χ0n) is 14.0. The maximum Gasteiger partial charge on any atom is 0.242 e. The van der Waals surface area contributed by atoms with Gasteiger partial charge in [0.25, 0.3) is 0 Å². The summed E-state index contributed by atoms with van der Waals surface area (Å²) >= 11 is 0. The van der Waals surface area contributed by atoms with E-state index >= 15 is 0 Å². The van der Waals surface area contributed by atoms with E-state index in [9.17, 15) is 9.59 Å². The number of piperidine rings is 1. The molecule has 2 aliphatic heterocycles. The van der Waals surface area contributed by atoms with Crippen LogP contribution in [-0.4, -0.2) is 71.8 Å². The van der Waals surface area contributed by atoms with Crippen LogP contribution < -0.4 is 0 Å². The molecule has 3 aliphatic rings. The number of rotatable bonds is 4. The van der Waals surface area contributed by atoms with Gasteiger partial charge in [-0.25, -0.2) is 0 Å². The summed E-state index contributed by atoms with van der Waals surface area (Å²) in [5.41, 5.74) is 0. The Morgan fingerprint density at radius 3 is 2.32 bits per heavy atom. The van der Waals surface area contributed by atoms with Crippen LogP contribution in [-0.2, 0) is 9.59 Å². The zero-order valence-corrected chi connectivity index (χ0v) is 14.0. The molecule has 0 aromatic rings. The third kappa shape index (κ3) is 3.62. The number of piperazine rings is 1. The van der Waals surface area contributed by atoms with Gasteiger partial charge in [-0.15, -0.1) is 0 Å². The van der Waals surface area contributed by atoms with Gasteiger partial charge < -0.3 is 14.7 Å². The lowest BCUT2D eigenvalue weighted by molar-refractivity contribution is -0.148. The highest BCUT2D eigenvalue weighted by molar-refractivity contribution is 5.87. The van der Waals surface area contributed by atoms with Crippen molar-refractivity contribution in [2.75, 3.05) is 39.3 Å². The molecule has 0 unspecified atom stereocenters. The van der Waals surface area contributed by atoms with Crippen molar-refractivity contribution in [3.8, 4) is 0 Å². The molecule has 0 radical (unpaired) electrons. The minimum Gasteiger partial charge on any atom is -0.336 e. The van der Waals surface area contributed by atoms with Crippen LogP contribution in [0.2, 0.25) is 0 Å². The van der Waals surface area contributed by atoms with Crippen LogP contribution >= 0.6 is 0 Å². The molecular weight excluding hydrogens is 278 g/mol. The average molecular weight is 307 g/mol. The fourth-order valence-corrected chi connectivity index (χ4v) is 3.78. The fourth-order valence-electron chi connectivity index (χ4n) is 3.78. The van der Waals surface area contributed by atoms with Gasteiger partial charge in [0.15, 0.2) is 0 Å². The molecule has 2 amide bonds. The highest BCUT2D eigenvalue weighted by Gasteiger charge is 2.38. The molecule has 3 fully saturated rings. The molecule has 0 aromatic carbocycles. The molecule has 5 heteroatoms. The fraction of sp³-hybridized carbons (Fsp3) is 0.882. The van der Waals surface area contributed by atoms with Crippen molar-refractivity contribution in [1.29, 1.82) is 0 Å². The van der Waals surface area contributed by atoms with E-state index in [1.165, 1.54) is 0 Å². The molecule has 1 aliphatic carbocycles. The van der Waals surface area contributed by atoms with Crippen LogP contribution in [0.4, 0.5) is 0 Å². The summed E-state index contributed by atoms with van der Waals surface area (Å²) in [5, 5.41) is 0. The second kappa shape index (κ2) is 6.57. The normalized spacial score (nSPS) is 25.1. The van der Waals surface area contributed by atoms with E-state index < -0.39 is 0 Å². The summed E-state index contributed by atoms with van der Waals surface area (Å²) in [6.07, 6.45) is 4.19. The molecule has 0 bridgehead atoms. The Morgan fingerprint density at radius 1 is 1.09 bits per heavy atom. The predicted octanol–water partition coefficient (Wildman–Crippen LogP) is 1.19. The van der Waals surface area contributed by atoms with Crippen molar-refractivity contribution >= 4 is 11.8 Å². The molecule has 0 aromatic heterocycles. The molecular formula is C17H29N3O2. The molecule has 124 valence electrons. The number of nitrogens with zero attached hydrogens (tertiary/aromatic N) is 3. The molecule has 2 heterocycles. The van der Waals surface area contributed by atoms with Gasteiger partial charge in [0.1, 0.15) is 0 Å². The van der Waals surface area contributed by atoms with Gasteiger partial charge in [-0.2, -0.15) is 0 Å². The molecule has 2 saturated heterocycles. The van der Waals surface area contributed by atoms with E-state index in [1.807, 2.05) is 9.80 Å². The highest BCUT2D eigenvalue weighted by atomic mass is 16.2. The average Bonchev–Trinajstić information content (AvgIpc) is 3.31. The molecule has 0 spiro atoms. The predicted molar refractivity (Wildman–Crippen MR) is 85.3 cm³/mol. The second-order valence-corrected chi connectivity index (χ2v) is 7.55. The minimum atomic E-state index is 0.128. The number of carbonyl (C=O) groups excluding carboxylic acids is 2. The van der Waals surface area contributed by atoms with Crippen molar-refractivity contribution in [3.05, 3.63) is 0 Å². The van der Waals surface area contributed by atoms with Gasteiger partial charge in [0, 0.05) is 31.6 Å². The molecule has 0 atom stereocenters. The topological polar surface area (TPSA) is 43.9 Å². The molecule has 22 heavy (non-hydrogen) atoms. The number of amides is 2. The van der Waals surface area contributed by atoms with E-state index in [2.05, 4.69) is 18.7 Å². The number of likely N-dealkylation sites (tertiary alicyclic amines) is 1. The van der Waals surface area contributed by atoms with Crippen LogP contribution in [0.1, 0.15) is 39.5 Å². The summed E-state index contributed by atoms with van der Waals surface area (Å²) in [6.45, 7) is 9.41. The van der Waals surface area contributed by atoms with Crippen LogP contribution in [0.3, 0.4) is 0 Å². The van der Waals surface area contributed by atoms with Crippen LogP contribution in [0.15, 0.2) is 0 Å². The number of hydrogen-bond donors (Lipinski definition) is 0. The Labute approximate surface area is 133 Å². The van der Waals surface area contributed by atoms with Gasteiger partial charge in [-0.1, -0.05) is 13.8 Å². The van der Waals surface area contributed by atoms with Crippen LogP contribution in [0.5, 0.6) is 0 Å². The van der Waals surface area contributed by atoms with E-state index in [4.69, 9.17) is 0 Å². The Kier molecular flexibility index (Phi) is 4.71. The van der Waals surface area contributed by atoms with Crippen molar-refractivity contribution in [2.24, 2.45) is 11.8 Å². The first-order valence-corrected chi connectivity index (χ1v) is 8.85. The third-order valence-corrected chi connectivity index (χ3v) is 5.12. The minimum absolute atomic E-state index is 0.128.